The number of nitrogens with zero attached hydrogens (tertiary/aromatic N) is 2. The Bertz CT molecular complexity index is 439. The Balaban J connectivity index is 2.15. The van der Waals surface area contributed by atoms with E-state index < -0.39 is 11.6 Å². The first-order chi connectivity index (χ1) is 8.09. The summed E-state index contributed by atoms with van der Waals surface area (Å²) in [6.45, 7) is 1.03. The summed E-state index contributed by atoms with van der Waals surface area (Å²) in [5, 5.41) is 1.08. The molecule has 0 unspecified atom stereocenters. The molecule has 0 bridgehead atoms. The van der Waals surface area contributed by atoms with Crippen LogP contribution in [0, 0.1) is 11.6 Å². The minimum atomic E-state index is -0.908. The van der Waals surface area contributed by atoms with Crippen LogP contribution in [0.5, 0.6) is 0 Å². The number of urea groups is 1. The van der Waals surface area contributed by atoms with Crippen molar-refractivity contribution < 1.29 is 13.6 Å². The van der Waals surface area contributed by atoms with Crippen molar-refractivity contribution in [2.24, 2.45) is 5.84 Å². The molecule has 2 rings (SSSR count). The first-order valence-electron chi connectivity index (χ1n) is 5.33. The van der Waals surface area contributed by atoms with Gasteiger partial charge >= 0.3 is 6.03 Å². The summed E-state index contributed by atoms with van der Waals surface area (Å²) < 4.78 is 26.4. The zero-order valence-electron chi connectivity index (χ0n) is 9.20. The number of amides is 2. The molecule has 6 heteroatoms. The Labute approximate surface area is 97.6 Å². The molecule has 2 N–H and O–H groups in total. The third-order valence-corrected chi connectivity index (χ3v) is 2.74. The van der Waals surface area contributed by atoms with Crippen molar-refractivity contribution in [2.75, 3.05) is 13.1 Å². The Morgan fingerprint density at radius 3 is 2.82 bits per heavy atom. The minimum Gasteiger partial charge on any atom is -0.319 e. The van der Waals surface area contributed by atoms with E-state index in [4.69, 9.17) is 5.84 Å². The topological polar surface area (TPSA) is 49.6 Å². The van der Waals surface area contributed by atoms with E-state index in [1.807, 2.05) is 0 Å². The number of rotatable bonds is 2. The van der Waals surface area contributed by atoms with Gasteiger partial charge in [0.2, 0.25) is 0 Å². The number of halogens is 2. The predicted octanol–water partition coefficient (Wildman–Crippen LogP) is 1.47. The highest BCUT2D eigenvalue weighted by Gasteiger charge is 2.24. The highest BCUT2D eigenvalue weighted by molar-refractivity contribution is 5.74. The molecule has 1 fully saturated rings. The Kier molecular flexibility index (Phi) is 3.23. The summed E-state index contributed by atoms with van der Waals surface area (Å²) in [6, 6.07) is 3.57. The molecule has 2 amide bonds. The first kappa shape index (κ1) is 11.8. The average molecular weight is 241 g/mol. The molecule has 1 aromatic carbocycles. The summed E-state index contributed by atoms with van der Waals surface area (Å²) in [5.41, 5.74) is 0.161. The third kappa shape index (κ3) is 2.36. The van der Waals surface area contributed by atoms with E-state index in [2.05, 4.69) is 0 Å². The standard InChI is InChI=1S/C11H13F2N3O/c12-9-4-1-3-8(10(9)13)7-15-5-2-6-16(14)11(15)17/h1,3-4H,2,5-7,14H2. The lowest BCUT2D eigenvalue weighted by Crippen LogP contribution is -2.52. The fourth-order valence-corrected chi connectivity index (χ4v) is 1.83. The van der Waals surface area contributed by atoms with Gasteiger partial charge in [-0.3, -0.25) is 5.01 Å². The zero-order chi connectivity index (χ0) is 12.4. The second-order valence-electron chi connectivity index (χ2n) is 3.96. The molecule has 1 aromatic rings. The molecule has 0 atom stereocenters. The number of carbonyl (C=O) groups excluding carboxylic acids is 1. The molecule has 0 spiro atoms. The van der Waals surface area contributed by atoms with Crippen molar-refractivity contribution in [3.05, 3.63) is 35.4 Å². The van der Waals surface area contributed by atoms with Crippen molar-refractivity contribution >= 4 is 6.03 Å². The number of carbonyl (C=O) groups is 1. The van der Waals surface area contributed by atoms with Crippen LogP contribution in [0.4, 0.5) is 13.6 Å². The van der Waals surface area contributed by atoms with Gasteiger partial charge in [-0.15, -0.1) is 0 Å². The number of nitrogens with two attached hydrogens (primary N) is 1. The molecular weight excluding hydrogens is 228 g/mol. The smallest absolute Gasteiger partial charge is 0.319 e. The minimum absolute atomic E-state index is 0.0378. The van der Waals surface area contributed by atoms with E-state index in [-0.39, 0.29) is 18.1 Å². The van der Waals surface area contributed by atoms with Gasteiger partial charge in [0.15, 0.2) is 11.6 Å². The van der Waals surface area contributed by atoms with Crippen LogP contribution in [-0.4, -0.2) is 29.0 Å². The van der Waals surface area contributed by atoms with Crippen LogP contribution < -0.4 is 5.84 Å². The van der Waals surface area contributed by atoms with Crippen LogP contribution in [0.2, 0.25) is 0 Å². The summed E-state index contributed by atoms with van der Waals surface area (Å²) in [7, 11) is 0. The van der Waals surface area contributed by atoms with Gasteiger partial charge in [0.1, 0.15) is 0 Å². The maximum atomic E-state index is 13.4. The second kappa shape index (κ2) is 4.67. The quantitative estimate of drug-likeness (QED) is 0.629. The molecule has 0 saturated carbocycles. The van der Waals surface area contributed by atoms with Gasteiger partial charge in [-0.2, -0.15) is 0 Å². The van der Waals surface area contributed by atoms with Gasteiger partial charge in [-0.05, 0) is 12.5 Å². The summed E-state index contributed by atoms with van der Waals surface area (Å²) in [6.07, 6.45) is 0.721. The maximum absolute atomic E-state index is 13.4. The van der Waals surface area contributed by atoms with Crippen LogP contribution in [0.3, 0.4) is 0 Å². The summed E-state index contributed by atoms with van der Waals surface area (Å²) in [4.78, 5) is 13.0. The van der Waals surface area contributed by atoms with Crippen molar-refractivity contribution in [1.82, 2.24) is 9.91 Å². The van der Waals surface area contributed by atoms with Crippen LogP contribution >= 0.6 is 0 Å². The molecule has 1 heterocycles. The van der Waals surface area contributed by atoms with Gasteiger partial charge < -0.3 is 4.90 Å². The molecule has 1 aliphatic heterocycles. The Morgan fingerprint density at radius 1 is 1.29 bits per heavy atom. The lowest BCUT2D eigenvalue weighted by Gasteiger charge is -2.32. The molecule has 92 valence electrons. The van der Waals surface area contributed by atoms with Gasteiger partial charge in [-0.25, -0.2) is 19.4 Å². The van der Waals surface area contributed by atoms with Crippen LogP contribution in [0.25, 0.3) is 0 Å². The zero-order valence-corrected chi connectivity index (χ0v) is 9.20. The van der Waals surface area contributed by atoms with Gasteiger partial charge in [-0.1, -0.05) is 12.1 Å². The fourth-order valence-electron chi connectivity index (χ4n) is 1.83. The second-order valence-corrected chi connectivity index (χ2v) is 3.96. The van der Waals surface area contributed by atoms with E-state index >= 15 is 0 Å². The summed E-state index contributed by atoms with van der Waals surface area (Å²) >= 11 is 0. The largest absolute Gasteiger partial charge is 0.334 e. The van der Waals surface area contributed by atoms with Gasteiger partial charge in [0.05, 0.1) is 6.54 Å². The lowest BCUT2D eigenvalue weighted by molar-refractivity contribution is 0.126. The predicted molar refractivity (Wildman–Crippen MR) is 57.7 cm³/mol. The number of hydrogen-bond acceptors (Lipinski definition) is 2. The van der Waals surface area contributed by atoms with Crippen LogP contribution in [0.15, 0.2) is 18.2 Å². The molecule has 1 saturated heterocycles. The SMILES string of the molecule is NN1CCCN(Cc2cccc(F)c2F)C1=O. The van der Waals surface area contributed by atoms with Crippen molar-refractivity contribution in [1.29, 1.82) is 0 Å². The molecule has 0 aliphatic carbocycles. The van der Waals surface area contributed by atoms with E-state index in [0.717, 1.165) is 17.5 Å². The maximum Gasteiger partial charge on any atom is 0.334 e. The van der Waals surface area contributed by atoms with Gasteiger partial charge in [0, 0.05) is 18.7 Å². The van der Waals surface area contributed by atoms with Crippen molar-refractivity contribution in [3.63, 3.8) is 0 Å². The number of hydrogen-bond donors (Lipinski definition) is 1. The van der Waals surface area contributed by atoms with Crippen molar-refractivity contribution in [2.45, 2.75) is 13.0 Å². The van der Waals surface area contributed by atoms with E-state index in [9.17, 15) is 13.6 Å². The summed E-state index contributed by atoms with van der Waals surface area (Å²) in [5.74, 6) is 3.65. The van der Waals surface area contributed by atoms with Gasteiger partial charge in [0.25, 0.3) is 0 Å². The Hall–Kier alpha value is -1.69. The first-order valence-corrected chi connectivity index (χ1v) is 5.33. The normalized spacial score (nSPS) is 16.5. The van der Waals surface area contributed by atoms with E-state index in [1.54, 1.807) is 0 Å². The van der Waals surface area contributed by atoms with Crippen molar-refractivity contribution in [3.8, 4) is 0 Å². The molecular formula is C11H13F2N3O. The fraction of sp³-hybridized carbons (Fsp3) is 0.364. The molecule has 17 heavy (non-hydrogen) atoms. The highest BCUT2D eigenvalue weighted by atomic mass is 19.2. The number of benzene rings is 1. The van der Waals surface area contributed by atoms with E-state index in [0.29, 0.717) is 13.1 Å². The molecule has 1 aliphatic rings. The monoisotopic (exact) mass is 241 g/mol. The molecule has 4 nitrogen and oxygen atoms in total. The molecule has 0 aromatic heterocycles. The molecule has 0 radical (unpaired) electrons. The Morgan fingerprint density at radius 2 is 2.06 bits per heavy atom. The van der Waals surface area contributed by atoms with E-state index in [1.165, 1.54) is 17.0 Å². The third-order valence-electron chi connectivity index (χ3n) is 2.74. The highest BCUT2D eigenvalue weighted by Crippen LogP contribution is 2.16. The average Bonchev–Trinajstić information content (AvgIpc) is 2.31. The van der Waals surface area contributed by atoms with Crippen LogP contribution in [-0.2, 0) is 6.54 Å². The van der Waals surface area contributed by atoms with Crippen LogP contribution in [0.1, 0.15) is 12.0 Å². The lowest BCUT2D eigenvalue weighted by atomic mass is 10.2. The number of hydrazine groups is 1.